The van der Waals surface area contributed by atoms with Gasteiger partial charge in [0.1, 0.15) is 5.75 Å². The van der Waals surface area contributed by atoms with E-state index in [0.29, 0.717) is 18.0 Å². The zero-order valence-electron chi connectivity index (χ0n) is 14.8. The van der Waals surface area contributed by atoms with Gasteiger partial charge in [0.2, 0.25) is 5.91 Å². The van der Waals surface area contributed by atoms with E-state index in [4.69, 9.17) is 10.6 Å². The lowest BCUT2D eigenvalue weighted by Gasteiger charge is -2.24. The minimum Gasteiger partial charge on any atom is -0.494 e. The van der Waals surface area contributed by atoms with Crippen molar-refractivity contribution in [2.24, 2.45) is 5.84 Å². The number of aryl methyl sites for hydroxylation is 1. The first-order valence-corrected chi connectivity index (χ1v) is 9.64. The van der Waals surface area contributed by atoms with Crippen LogP contribution in [0.4, 0.5) is 5.69 Å². The Balaban J connectivity index is 2.37. The van der Waals surface area contributed by atoms with Crippen molar-refractivity contribution in [3.63, 3.8) is 0 Å². The van der Waals surface area contributed by atoms with Crippen LogP contribution < -0.4 is 20.3 Å². The SMILES string of the molecule is CCOc1ccc(S(=O)(=O)N(CCC(=O)NN)c2ccc(C)cc2)cc1. The Labute approximate surface area is 153 Å². The number of rotatable bonds is 8. The molecule has 140 valence electrons. The highest BCUT2D eigenvalue weighted by molar-refractivity contribution is 7.92. The summed E-state index contributed by atoms with van der Waals surface area (Å²) in [6, 6.07) is 13.3. The number of carbonyl (C=O) groups excluding carboxylic acids is 1. The number of sulfonamides is 1. The third kappa shape index (κ3) is 4.74. The molecule has 2 rings (SSSR count). The number of hydrazine groups is 1. The fourth-order valence-electron chi connectivity index (χ4n) is 2.38. The topological polar surface area (TPSA) is 102 Å². The predicted molar refractivity (Wildman–Crippen MR) is 100 cm³/mol. The standard InChI is InChI=1S/C18H23N3O4S/c1-3-25-16-8-10-17(11-9-16)26(23,24)21(13-12-18(22)20-19)15-6-4-14(2)5-7-15/h4-11H,3,12-13,19H2,1-2H3,(H,20,22). The molecular weight excluding hydrogens is 354 g/mol. The van der Waals surface area contributed by atoms with Crippen LogP contribution in [0.5, 0.6) is 5.75 Å². The molecule has 0 saturated heterocycles. The van der Waals surface area contributed by atoms with E-state index in [-0.39, 0.29) is 17.9 Å². The minimum absolute atomic E-state index is 0.0262. The van der Waals surface area contributed by atoms with Crippen molar-refractivity contribution >= 4 is 21.6 Å². The second-order valence-corrected chi connectivity index (χ2v) is 7.50. The second kappa shape index (κ2) is 8.68. The summed E-state index contributed by atoms with van der Waals surface area (Å²) < 4.78 is 32.8. The van der Waals surface area contributed by atoms with Crippen LogP contribution >= 0.6 is 0 Å². The molecule has 2 aromatic carbocycles. The van der Waals surface area contributed by atoms with Crippen LogP contribution in [0.15, 0.2) is 53.4 Å². The van der Waals surface area contributed by atoms with Gasteiger partial charge in [0, 0.05) is 13.0 Å². The maximum absolute atomic E-state index is 13.1. The van der Waals surface area contributed by atoms with E-state index >= 15 is 0 Å². The normalized spacial score (nSPS) is 11.0. The quantitative estimate of drug-likeness (QED) is 0.416. The van der Waals surface area contributed by atoms with E-state index in [2.05, 4.69) is 0 Å². The molecule has 0 radical (unpaired) electrons. The number of hydrogen-bond donors (Lipinski definition) is 2. The molecule has 0 saturated carbocycles. The van der Waals surface area contributed by atoms with Gasteiger partial charge in [-0.05, 0) is 50.2 Å². The minimum atomic E-state index is -3.85. The van der Waals surface area contributed by atoms with Gasteiger partial charge in [-0.25, -0.2) is 14.3 Å². The van der Waals surface area contributed by atoms with E-state index < -0.39 is 15.9 Å². The smallest absolute Gasteiger partial charge is 0.264 e. The van der Waals surface area contributed by atoms with E-state index in [1.807, 2.05) is 31.4 Å². The van der Waals surface area contributed by atoms with Crippen LogP contribution in [-0.4, -0.2) is 27.5 Å². The zero-order valence-corrected chi connectivity index (χ0v) is 15.6. The Bertz CT molecular complexity index is 834. The number of ether oxygens (including phenoxy) is 1. The molecule has 3 N–H and O–H groups in total. The Morgan fingerprint density at radius 3 is 2.27 bits per heavy atom. The highest BCUT2D eigenvalue weighted by Crippen LogP contribution is 2.25. The Morgan fingerprint density at radius 2 is 1.73 bits per heavy atom. The summed E-state index contributed by atoms with van der Waals surface area (Å²) in [4.78, 5) is 11.6. The number of carbonyl (C=O) groups is 1. The highest BCUT2D eigenvalue weighted by atomic mass is 32.2. The Hall–Kier alpha value is -2.58. The van der Waals surface area contributed by atoms with Crippen LogP contribution in [0.25, 0.3) is 0 Å². The number of nitrogens with one attached hydrogen (secondary N) is 1. The molecule has 0 spiro atoms. The number of nitrogens with zero attached hydrogens (tertiary/aromatic N) is 1. The van der Waals surface area contributed by atoms with Gasteiger partial charge in [0.25, 0.3) is 10.0 Å². The Kier molecular flexibility index (Phi) is 6.59. The predicted octanol–water partition coefficient (Wildman–Crippen LogP) is 1.97. The number of benzene rings is 2. The zero-order chi connectivity index (χ0) is 19.2. The molecule has 7 nitrogen and oxygen atoms in total. The van der Waals surface area contributed by atoms with E-state index in [9.17, 15) is 13.2 Å². The average Bonchev–Trinajstić information content (AvgIpc) is 2.63. The molecular formula is C18H23N3O4S. The van der Waals surface area contributed by atoms with Crippen LogP contribution in [0.2, 0.25) is 0 Å². The van der Waals surface area contributed by atoms with E-state index in [0.717, 1.165) is 5.56 Å². The van der Waals surface area contributed by atoms with Gasteiger partial charge in [0.15, 0.2) is 0 Å². The van der Waals surface area contributed by atoms with Gasteiger partial charge < -0.3 is 4.74 Å². The van der Waals surface area contributed by atoms with Crippen molar-refractivity contribution in [2.45, 2.75) is 25.2 Å². The highest BCUT2D eigenvalue weighted by Gasteiger charge is 2.25. The summed E-state index contributed by atoms with van der Waals surface area (Å²) in [5, 5.41) is 0. The van der Waals surface area contributed by atoms with Crippen molar-refractivity contribution < 1.29 is 17.9 Å². The molecule has 26 heavy (non-hydrogen) atoms. The molecule has 0 aliphatic heterocycles. The van der Waals surface area contributed by atoms with Crippen molar-refractivity contribution in [3.05, 3.63) is 54.1 Å². The van der Waals surface area contributed by atoms with Crippen LogP contribution in [0.1, 0.15) is 18.9 Å². The van der Waals surface area contributed by atoms with Crippen LogP contribution in [-0.2, 0) is 14.8 Å². The van der Waals surface area contributed by atoms with Gasteiger partial charge in [-0.2, -0.15) is 0 Å². The lowest BCUT2D eigenvalue weighted by Crippen LogP contribution is -2.37. The summed E-state index contributed by atoms with van der Waals surface area (Å²) in [6.45, 7) is 4.24. The van der Waals surface area contributed by atoms with Gasteiger partial charge in [-0.15, -0.1) is 0 Å². The van der Waals surface area contributed by atoms with Gasteiger partial charge in [0.05, 0.1) is 17.2 Å². The fourth-order valence-corrected chi connectivity index (χ4v) is 3.84. The second-order valence-electron chi connectivity index (χ2n) is 5.63. The monoisotopic (exact) mass is 377 g/mol. The lowest BCUT2D eigenvalue weighted by atomic mass is 10.2. The molecule has 0 aromatic heterocycles. The maximum Gasteiger partial charge on any atom is 0.264 e. The van der Waals surface area contributed by atoms with E-state index in [1.54, 1.807) is 24.3 Å². The number of amides is 1. The first-order chi connectivity index (χ1) is 12.4. The van der Waals surface area contributed by atoms with E-state index in [1.165, 1.54) is 16.4 Å². The van der Waals surface area contributed by atoms with Crippen molar-refractivity contribution in [3.8, 4) is 5.75 Å². The van der Waals surface area contributed by atoms with Crippen molar-refractivity contribution in [2.75, 3.05) is 17.5 Å². The van der Waals surface area contributed by atoms with Crippen molar-refractivity contribution in [1.29, 1.82) is 0 Å². The van der Waals surface area contributed by atoms with Crippen LogP contribution in [0, 0.1) is 6.92 Å². The average molecular weight is 377 g/mol. The molecule has 1 amide bonds. The summed E-state index contributed by atoms with van der Waals surface area (Å²) in [7, 11) is -3.85. The number of anilines is 1. The molecule has 0 fully saturated rings. The summed E-state index contributed by atoms with van der Waals surface area (Å²) in [6.07, 6.45) is -0.0549. The van der Waals surface area contributed by atoms with Gasteiger partial charge in [-0.3, -0.25) is 14.5 Å². The molecule has 0 aliphatic rings. The molecule has 0 aliphatic carbocycles. The fraction of sp³-hybridized carbons (Fsp3) is 0.278. The van der Waals surface area contributed by atoms with Gasteiger partial charge in [-0.1, -0.05) is 17.7 Å². The lowest BCUT2D eigenvalue weighted by molar-refractivity contribution is -0.120. The molecule has 8 heteroatoms. The Morgan fingerprint density at radius 1 is 1.12 bits per heavy atom. The van der Waals surface area contributed by atoms with Gasteiger partial charge >= 0.3 is 0 Å². The summed E-state index contributed by atoms with van der Waals surface area (Å²) in [5.41, 5.74) is 3.50. The largest absolute Gasteiger partial charge is 0.494 e. The number of nitrogens with two attached hydrogens (primary N) is 1. The first-order valence-electron chi connectivity index (χ1n) is 8.20. The molecule has 0 heterocycles. The van der Waals surface area contributed by atoms with Crippen molar-refractivity contribution in [1.82, 2.24) is 5.43 Å². The third-order valence-corrected chi connectivity index (χ3v) is 5.59. The maximum atomic E-state index is 13.1. The number of hydrogen-bond acceptors (Lipinski definition) is 5. The van der Waals surface area contributed by atoms with Crippen LogP contribution in [0.3, 0.4) is 0 Å². The first kappa shape index (κ1) is 19.7. The molecule has 0 unspecified atom stereocenters. The molecule has 0 atom stereocenters. The summed E-state index contributed by atoms with van der Waals surface area (Å²) in [5.74, 6) is 5.25. The molecule has 2 aromatic rings. The summed E-state index contributed by atoms with van der Waals surface area (Å²) >= 11 is 0. The molecule has 0 bridgehead atoms. The third-order valence-electron chi connectivity index (χ3n) is 3.75.